The van der Waals surface area contributed by atoms with Crippen molar-refractivity contribution in [3.05, 3.63) is 48.0 Å². The van der Waals surface area contributed by atoms with Gasteiger partial charge in [0.2, 0.25) is 0 Å². The molecule has 1 amide bonds. The van der Waals surface area contributed by atoms with Crippen LogP contribution in [0.4, 0.5) is 10.6 Å². The van der Waals surface area contributed by atoms with Crippen molar-refractivity contribution < 1.29 is 19.4 Å². The van der Waals surface area contributed by atoms with Crippen LogP contribution in [-0.4, -0.2) is 60.1 Å². The first-order valence-electron chi connectivity index (χ1n) is 11.9. The average Bonchev–Trinajstić information content (AvgIpc) is 3.35. The Morgan fingerprint density at radius 2 is 2.12 bits per heavy atom. The minimum absolute atomic E-state index is 0.147. The van der Waals surface area contributed by atoms with Gasteiger partial charge in [-0.2, -0.15) is 0 Å². The van der Waals surface area contributed by atoms with Gasteiger partial charge in [-0.1, -0.05) is 18.2 Å². The molecule has 178 valence electrons. The van der Waals surface area contributed by atoms with Gasteiger partial charge in [-0.15, -0.1) is 0 Å². The highest BCUT2D eigenvalue weighted by atomic mass is 16.6. The second-order valence-corrected chi connectivity index (χ2v) is 9.13. The summed E-state index contributed by atoms with van der Waals surface area (Å²) in [7, 11) is 0. The fraction of sp³-hybridized carbons (Fsp3) is 0.423. The number of benzene rings is 2. The van der Waals surface area contributed by atoms with E-state index in [0.717, 1.165) is 54.6 Å². The van der Waals surface area contributed by atoms with Crippen molar-refractivity contribution in [1.82, 2.24) is 15.3 Å². The highest BCUT2D eigenvalue weighted by molar-refractivity contribution is 5.92. The van der Waals surface area contributed by atoms with Crippen molar-refractivity contribution in [2.24, 2.45) is 5.92 Å². The van der Waals surface area contributed by atoms with Crippen LogP contribution in [0, 0.1) is 12.8 Å². The number of hydrogen-bond donors (Lipinski definition) is 2. The maximum Gasteiger partial charge on any atom is 0.407 e. The molecule has 2 fully saturated rings. The van der Waals surface area contributed by atoms with Crippen molar-refractivity contribution in [2.45, 2.75) is 32.3 Å². The summed E-state index contributed by atoms with van der Waals surface area (Å²) in [5.41, 5.74) is 2.58. The van der Waals surface area contributed by atoms with E-state index in [4.69, 9.17) is 19.4 Å². The molecule has 8 heteroatoms. The van der Waals surface area contributed by atoms with Gasteiger partial charge in [-0.05, 0) is 55.5 Å². The average molecular weight is 463 g/mol. The number of fused-ring (bicyclic) bond motifs is 1. The minimum Gasteiger partial charge on any atom is -0.507 e. The van der Waals surface area contributed by atoms with Crippen LogP contribution < -0.4 is 10.2 Å². The molecule has 3 aromatic rings. The number of aromatic nitrogens is 2. The number of alkyl carbamates (subject to hydrolysis) is 1. The zero-order chi connectivity index (χ0) is 23.5. The van der Waals surface area contributed by atoms with Crippen LogP contribution in [0.3, 0.4) is 0 Å². The lowest BCUT2D eigenvalue weighted by molar-refractivity contribution is 0.0821. The lowest BCUT2D eigenvalue weighted by Gasteiger charge is -2.34. The number of aryl methyl sites for hydroxylation is 1. The lowest BCUT2D eigenvalue weighted by Crippen LogP contribution is -2.42. The molecule has 2 aromatic carbocycles. The third-order valence-electron chi connectivity index (χ3n) is 6.49. The number of carbonyl (C=O) groups excluding carboxylic acids is 1. The highest BCUT2D eigenvalue weighted by Crippen LogP contribution is 2.33. The molecule has 2 aliphatic heterocycles. The predicted octanol–water partition coefficient (Wildman–Crippen LogP) is 4.04. The summed E-state index contributed by atoms with van der Waals surface area (Å²) in [6.45, 7) is 5.36. The van der Waals surface area contributed by atoms with Gasteiger partial charge >= 0.3 is 6.09 Å². The van der Waals surface area contributed by atoms with E-state index in [9.17, 15) is 9.90 Å². The Morgan fingerprint density at radius 3 is 2.94 bits per heavy atom. The maximum atomic E-state index is 12.2. The van der Waals surface area contributed by atoms with E-state index in [-0.39, 0.29) is 23.9 Å². The van der Waals surface area contributed by atoms with Crippen LogP contribution in [0.25, 0.3) is 22.3 Å². The molecule has 2 unspecified atom stereocenters. The van der Waals surface area contributed by atoms with Crippen LogP contribution in [0.5, 0.6) is 5.75 Å². The molecule has 0 spiro atoms. The van der Waals surface area contributed by atoms with Gasteiger partial charge in [-0.25, -0.2) is 14.8 Å². The van der Waals surface area contributed by atoms with Crippen molar-refractivity contribution in [2.75, 3.05) is 37.7 Å². The van der Waals surface area contributed by atoms with Crippen LogP contribution in [0.1, 0.15) is 24.8 Å². The Labute approximate surface area is 198 Å². The molecule has 0 aliphatic carbocycles. The number of ether oxygens (including phenoxy) is 2. The number of nitrogens with zero attached hydrogens (tertiary/aromatic N) is 3. The van der Waals surface area contributed by atoms with Crippen LogP contribution in [0.15, 0.2) is 42.5 Å². The van der Waals surface area contributed by atoms with E-state index in [1.54, 1.807) is 12.1 Å². The topological polar surface area (TPSA) is 96.8 Å². The fourth-order valence-corrected chi connectivity index (χ4v) is 4.70. The second kappa shape index (κ2) is 9.85. The number of nitrogens with one attached hydrogen (secondary N) is 1. The zero-order valence-corrected chi connectivity index (χ0v) is 19.4. The largest absolute Gasteiger partial charge is 0.507 e. The van der Waals surface area contributed by atoms with E-state index in [2.05, 4.69) is 28.4 Å². The molecule has 3 heterocycles. The molecule has 5 rings (SSSR count). The first-order valence-corrected chi connectivity index (χ1v) is 11.9. The maximum absolute atomic E-state index is 12.2. The van der Waals surface area contributed by atoms with Gasteiger partial charge in [0.15, 0.2) is 5.82 Å². The van der Waals surface area contributed by atoms with E-state index in [1.807, 2.05) is 19.1 Å². The summed E-state index contributed by atoms with van der Waals surface area (Å²) in [5.74, 6) is 1.81. The highest BCUT2D eigenvalue weighted by Gasteiger charge is 2.25. The Kier molecular flexibility index (Phi) is 6.49. The molecule has 0 radical (unpaired) electrons. The number of anilines is 1. The summed E-state index contributed by atoms with van der Waals surface area (Å²) >= 11 is 0. The minimum atomic E-state index is -0.377. The van der Waals surface area contributed by atoms with E-state index in [0.29, 0.717) is 31.1 Å². The molecule has 2 aliphatic rings. The second-order valence-electron chi connectivity index (χ2n) is 9.13. The molecule has 34 heavy (non-hydrogen) atoms. The number of aromatic hydroxyl groups is 1. The molecular weight excluding hydrogens is 432 g/mol. The van der Waals surface area contributed by atoms with E-state index in [1.165, 1.54) is 0 Å². The third-order valence-corrected chi connectivity index (χ3v) is 6.49. The van der Waals surface area contributed by atoms with Gasteiger partial charge in [0.05, 0.1) is 24.3 Å². The SMILES string of the molecule is Cc1ccc2c(N3CCCC(CNC(=O)OC4CCOC4)C3)nc(-c3ccccc3O)nc2c1. The first kappa shape index (κ1) is 22.4. The normalized spacial score (nSPS) is 20.4. The number of carbonyl (C=O) groups is 1. The van der Waals surface area contributed by atoms with Crippen molar-refractivity contribution in [3.63, 3.8) is 0 Å². The summed E-state index contributed by atoms with van der Waals surface area (Å²) in [6, 6.07) is 13.3. The van der Waals surface area contributed by atoms with Crippen LogP contribution in [-0.2, 0) is 9.47 Å². The standard InChI is InChI=1S/C26H30N4O4/c1-17-8-9-20-22(13-17)28-24(21-6-2-3-7-23(21)31)29-25(20)30-11-4-5-18(15-30)14-27-26(32)34-19-10-12-33-16-19/h2-3,6-9,13,18-19,31H,4-5,10-12,14-16H2,1H3,(H,27,32). The third kappa shape index (κ3) is 4.92. The Balaban J connectivity index is 1.37. The molecule has 1 aromatic heterocycles. The molecule has 0 bridgehead atoms. The van der Waals surface area contributed by atoms with Gasteiger partial charge < -0.3 is 24.8 Å². The molecular formula is C26H30N4O4. The van der Waals surface area contributed by atoms with Crippen LogP contribution in [0.2, 0.25) is 0 Å². The predicted molar refractivity (Wildman–Crippen MR) is 130 cm³/mol. The lowest BCUT2D eigenvalue weighted by atomic mass is 9.97. The van der Waals surface area contributed by atoms with Crippen molar-refractivity contribution in [1.29, 1.82) is 0 Å². The molecule has 2 N–H and O–H groups in total. The van der Waals surface area contributed by atoms with Crippen LogP contribution >= 0.6 is 0 Å². The molecule has 0 saturated carbocycles. The zero-order valence-electron chi connectivity index (χ0n) is 19.4. The quantitative estimate of drug-likeness (QED) is 0.591. The Hall–Kier alpha value is -3.39. The number of piperidine rings is 1. The van der Waals surface area contributed by atoms with Gasteiger partial charge in [0.1, 0.15) is 17.7 Å². The van der Waals surface area contributed by atoms with Crippen molar-refractivity contribution >= 4 is 22.8 Å². The molecule has 8 nitrogen and oxygen atoms in total. The van der Waals surface area contributed by atoms with E-state index >= 15 is 0 Å². The van der Waals surface area contributed by atoms with Gasteiger partial charge in [-0.3, -0.25) is 0 Å². The number of phenolic OH excluding ortho intramolecular Hbond substituents is 1. The first-order chi connectivity index (χ1) is 16.6. The number of para-hydroxylation sites is 1. The fourth-order valence-electron chi connectivity index (χ4n) is 4.70. The molecule has 2 atom stereocenters. The summed E-state index contributed by atoms with van der Waals surface area (Å²) in [5, 5.41) is 14.3. The summed E-state index contributed by atoms with van der Waals surface area (Å²) < 4.78 is 10.7. The number of rotatable bonds is 5. The summed E-state index contributed by atoms with van der Waals surface area (Å²) in [6.07, 6.45) is 2.26. The smallest absolute Gasteiger partial charge is 0.407 e. The summed E-state index contributed by atoms with van der Waals surface area (Å²) in [4.78, 5) is 24.1. The van der Waals surface area contributed by atoms with Crippen molar-refractivity contribution in [3.8, 4) is 17.1 Å². The number of amides is 1. The molecule has 2 saturated heterocycles. The number of hydrogen-bond acceptors (Lipinski definition) is 7. The van der Waals surface area contributed by atoms with E-state index < -0.39 is 0 Å². The monoisotopic (exact) mass is 462 g/mol. The Morgan fingerprint density at radius 1 is 1.24 bits per heavy atom. The van der Waals surface area contributed by atoms with Gasteiger partial charge in [0, 0.05) is 31.4 Å². The Bertz CT molecular complexity index is 1180. The number of phenols is 1. The van der Waals surface area contributed by atoms with Gasteiger partial charge in [0.25, 0.3) is 0 Å².